The minimum atomic E-state index is -4.45. The standard InChI is InChI=1S/C13H17F3N2O.ClH/c1-9(8-17)18-12(19)7-11(13(14,15)16)10-5-3-2-4-6-10;/h2-6,9,11H,7-8,17H2,1H3,(H,18,19);1H/t9-,11?;/m0./s1. The summed E-state index contributed by atoms with van der Waals surface area (Å²) >= 11 is 0. The first-order valence-corrected chi connectivity index (χ1v) is 5.95. The number of carbonyl (C=O) groups excluding carboxylic acids is 1. The molecule has 3 N–H and O–H groups in total. The maximum Gasteiger partial charge on any atom is 0.396 e. The van der Waals surface area contributed by atoms with E-state index in [0.717, 1.165) is 0 Å². The Hall–Kier alpha value is -1.27. The van der Waals surface area contributed by atoms with Gasteiger partial charge in [-0.05, 0) is 12.5 Å². The normalized spacial score (nSPS) is 14.1. The Morgan fingerprint density at radius 1 is 1.30 bits per heavy atom. The maximum atomic E-state index is 13.0. The molecule has 3 nitrogen and oxygen atoms in total. The van der Waals surface area contributed by atoms with Gasteiger partial charge in [0.15, 0.2) is 0 Å². The molecule has 0 aliphatic carbocycles. The van der Waals surface area contributed by atoms with Crippen LogP contribution in [0.3, 0.4) is 0 Å². The number of nitrogens with one attached hydrogen (secondary N) is 1. The van der Waals surface area contributed by atoms with Crippen LogP contribution in [0, 0.1) is 0 Å². The molecule has 7 heteroatoms. The van der Waals surface area contributed by atoms with Gasteiger partial charge in [0, 0.05) is 19.0 Å². The zero-order chi connectivity index (χ0) is 14.5. The van der Waals surface area contributed by atoms with Gasteiger partial charge in [-0.1, -0.05) is 30.3 Å². The Bertz CT molecular complexity index is 412. The smallest absolute Gasteiger partial charge is 0.352 e. The molecule has 0 bridgehead atoms. The fourth-order valence-electron chi connectivity index (χ4n) is 1.69. The van der Waals surface area contributed by atoms with Gasteiger partial charge in [-0.15, -0.1) is 12.4 Å². The van der Waals surface area contributed by atoms with Gasteiger partial charge in [0.2, 0.25) is 5.91 Å². The fraction of sp³-hybridized carbons (Fsp3) is 0.462. The second-order valence-electron chi connectivity index (χ2n) is 4.41. The Morgan fingerprint density at radius 2 is 1.85 bits per heavy atom. The third-order valence-corrected chi connectivity index (χ3v) is 2.75. The highest BCUT2D eigenvalue weighted by molar-refractivity contribution is 5.85. The summed E-state index contributed by atoms with van der Waals surface area (Å²) in [7, 11) is 0. The molecule has 0 radical (unpaired) electrons. The minimum Gasteiger partial charge on any atom is -0.352 e. The number of rotatable bonds is 5. The summed E-state index contributed by atoms with van der Waals surface area (Å²) in [6, 6.07) is 7.09. The van der Waals surface area contributed by atoms with E-state index in [4.69, 9.17) is 5.73 Å². The summed E-state index contributed by atoms with van der Waals surface area (Å²) in [5, 5.41) is 2.44. The van der Waals surface area contributed by atoms with E-state index in [1.54, 1.807) is 13.0 Å². The molecule has 0 aliphatic heterocycles. The van der Waals surface area contributed by atoms with Crippen LogP contribution in [-0.4, -0.2) is 24.7 Å². The third kappa shape index (κ3) is 5.79. The molecule has 20 heavy (non-hydrogen) atoms. The van der Waals surface area contributed by atoms with Crippen molar-refractivity contribution in [3.05, 3.63) is 35.9 Å². The van der Waals surface area contributed by atoms with Crippen LogP contribution in [0.1, 0.15) is 24.8 Å². The van der Waals surface area contributed by atoms with Gasteiger partial charge in [0.1, 0.15) is 0 Å². The van der Waals surface area contributed by atoms with Crippen LogP contribution in [0.15, 0.2) is 30.3 Å². The van der Waals surface area contributed by atoms with E-state index in [2.05, 4.69) is 5.32 Å². The second kappa shape index (κ2) is 8.11. The molecule has 2 atom stereocenters. The molecule has 1 amide bonds. The van der Waals surface area contributed by atoms with Crippen molar-refractivity contribution in [3.8, 4) is 0 Å². The number of amides is 1. The lowest BCUT2D eigenvalue weighted by atomic mass is 9.94. The lowest BCUT2D eigenvalue weighted by Gasteiger charge is -2.21. The van der Waals surface area contributed by atoms with Gasteiger partial charge in [-0.3, -0.25) is 4.79 Å². The topological polar surface area (TPSA) is 55.1 Å². The number of nitrogens with two attached hydrogens (primary N) is 1. The Morgan fingerprint density at radius 3 is 2.30 bits per heavy atom. The lowest BCUT2D eigenvalue weighted by Crippen LogP contribution is -2.39. The molecular weight excluding hydrogens is 293 g/mol. The monoisotopic (exact) mass is 310 g/mol. The Labute approximate surface area is 122 Å². The van der Waals surface area contributed by atoms with E-state index in [9.17, 15) is 18.0 Å². The number of alkyl halides is 3. The molecule has 1 aromatic rings. The molecule has 0 saturated heterocycles. The number of hydrogen-bond acceptors (Lipinski definition) is 2. The van der Waals surface area contributed by atoms with E-state index in [-0.39, 0.29) is 30.6 Å². The van der Waals surface area contributed by atoms with Crippen molar-refractivity contribution in [1.82, 2.24) is 5.32 Å². The van der Waals surface area contributed by atoms with Gasteiger partial charge in [0.05, 0.1) is 5.92 Å². The van der Waals surface area contributed by atoms with Gasteiger partial charge >= 0.3 is 6.18 Å². The second-order valence-corrected chi connectivity index (χ2v) is 4.41. The molecule has 1 unspecified atom stereocenters. The molecular formula is C13H18ClF3N2O. The highest BCUT2D eigenvalue weighted by Crippen LogP contribution is 2.37. The molecule has 0 fully saturated rings. The first-order chi connectivity index (χ1) is 8.84. The largest absolute Gasteiger partial charge is 0.396 e. The molecule has 0 saturated carbocycles. The number of halogens is 4. The summed E-state index contributed by atoms with van der Waals surface area (Å²) in [5.74, 6) is -2.44. The van der Waals surface area contributed by atoms with Crippen molar-refractivity contribution in [2.24, 2.45) is 5.73 Å². The fourth-order valence-corrected chi connectivity index (χ4v) is 1.69. The lowest BCUT2D eigenvalue weighted by molar-refractivity contribution is -0.157. The first-order valence-electron chi connectivity index (χ1n) is 5.95. The van der Waals surface area contributed by atoms with Crippen LogP contribution >= 0.6 is 12.4 Å². The Balaban J connectivity index is 0.00000361. The average molecular weight is 311 g/mol. The van der Waals surface area contributed by atoms with Crippen LogP contribution in [0.4, 0.5) is 13.2 Å². The van der Waals surface area contributed by atoms with Crippen LogP contribution in [0.25, 0.3) is 0 Å². The van der Waals surface area contributed by atoms with Crippen molar-refractivity contribution in [2.45, 2.75) is 31.5 Å². The summed E-state index contributed by atoms with van der Waals surface area (Å²) in [4.78, 5) is 11.6. The molecule has 0 spiro atoms. The summed E-state index contributed by atoms with van der Waals surface area (Å²) in [6.07, 6.45) is -5.08. The van der Waals surface area contributed by atoms with Crippen LogP contribution in [0.5, 0.6) is 0 Å². The van der Waals surface area contributed by atoms with Crippen LogP contribution < -0.4 is 11.1 Å². The predicted molar refractivity (Wildman–Crippen MR) is 73.8 cm³/mol. The number of hydrogen-bond donors (Lipinski definition) is 2. The van der Waals surface area contributed by atoms with Crippen LogP contribution in [-0.2, 0) is 4.79 Å². The van der Waals surface area contributed by atoms with E-state index >= 15 is 0 Å². The molecule has 1 aromatic carbocycles. The van der Waals surface area contributed by atoms with E-state index in [1.807, 2.05) is 0 Å². The molecule has 114 valence electrons. The van der Waals surface area contributed by atoms with Gasteiger partial charge in [-0.25, -0.2) is 0 Å². The maximum absolute atomic E-state index is 13.0. The first kappa shape index (κ1) is 18.7. The van der Waals surface area contributed by atoms with Crippen molar-refractivity contribution >= 4 is 18.3 Å². The van der Waals surface area contributed by atoms with E-state index in [1.165, 1.54) is 24.3 Å². The van der Waals surface area contributed by atoms with Gasteiger partial charge < -0.3 is 11.1 Å². The number of carbonyl (C=O) groups is 1. The zero-order valence-corrected chi connectivity index (χ0v) is 11.8. The van der Waals surface area contributed by atoms with E-state index in [0.29, 0.717) is 0 Å². The Kier molecular flexibility index (Phi) is 7.60. The zero-order valence-electron chi connectivity index (χ0n) is 11.0. The van der Waals surface area contributed by atoms with E-state index < -0.39 is 24.4 Å². The highest BCUT2D eigenvalue weighted by Gasteiger charge is 2.41. The summed E-state index contributed by atoms with van der Waals surface area (Å²) in [5.41, 5.74) is 5.40. The molecule has 0 aliphatic rings. The quantitative estimate of drug-likeness (QED) is 0.878. The van der Waals surface area contributed by atoms with Crippen molar-refractivity contribution in [1.29, 1.82) is 0 Å². The van der Waals surface area contributed by atoms with Crippen molar-refractivity contribution < 1.29 is 18.0 Å². The summed E-state index contributed by atoms with van der Waals surface area (Å²) in [6.45, 7) is 1.83. The summed E-state index contributed by atoms with van der Waals surface area (Å²) < 4.78 is 38.9. The number of benzene rings is 1. The van der Waals surface area contributed by atoms with Gasteiger partial charge in [0.25, 0.3) is 0 Å². The predicted octanol–water partition coefficient (Wildman–Crippen LogP) is 2.61. The SMILES string of the molecule is C[C@@H](CN)NC(=O)CC(c1ccccc1)C(F)(F)F.Cl. The molecule has 0 heterocycles. The average Bonchev–Trinajstić information content (AvgIpc) is 2.35. The highest BCUT2D eigenvalue weighted by atomic mass is 35.5. The van der Waals surface area contributed by atoms with Crippen molar-refractivity contribution in [2.75, 3.05) is 6.54 Å². The molecule has 1 rings (SSSR count). The minimum absolute atomic E-state index is 0. The van der Waals surface area contributed by atoms with Crippen LogP contribution in [0.2, 0.25) is 0 Å². The third-order valence-electron chi connectivity index (χ3n) is 2.75. The van der Waals surface area contributed by atoms with Crippen molar-refractivity contribution in [3.63, 3.8) is 0 Å². The van der Waals surface area contributed by atoms with Gasteiger partial charge in [-0.2, -0.15) is 13.2 Å². The molecule has 0 aromatic heterocycles.